The summed E-state index contributed by atoms with van der Waals surface area (Å²) < 4.78 is 5.19. The molecule has 0 saturated carbocycles. The molecule has 0 fully saturated rings. The quantitative estimate of drug-likeness (QED) is 0.383. The van der Waals surface area contributed by atoms with Crippen LogP contribution in [0.15, 0.2) is 59.7 Å². The van der Waals surface area contributed by atoms with E-state index < -0.39 is 0 Å². The largest absolute Gasteiger partial charge is 0.497 e. The highest BCUT2D eigenvalue weighted by atomic mass is 32.1. The molecule has 0 aliphatic heterocycles. The summed E-state index contributed by atoms with van der Waals surface area (Å²) in [5, 5.41) is 4.38. The smallest absolute Gasteiger partial charge is 0.184 e. The molecule has 0 aromatic heterocycles. The Balaban J connectivity index is 2.41. The molecule has 0 atom stereocenters. The summed E-state index contributed by atoms with van der Waals surface area (Å²) in [6.07, 6.45) is 2.06. The Morgan fingerprint density at radius 1 is 1.13 bits per heavy atom. The van der Waals surface area contributed by atoms with Crippen LogP contribution in [0.25, 0.3) is 11.6 Å². The Hall–Kier alpha value is -2.66. The summed E-state index contributed by atoms with van der Waals surface area (Å²) in [5.74, 6) is 0.823. The van der Waals surface area contributed by atoms with Gasteiger partial charge in [-0.05, 0) is 48.5 Å². The van der Waals surface area contributed by atoms with Crippen LogP contribution in [0.4, 0.5) is 0 Å². The molecule has 0 saturated heterocycles. The van der Waals surface area contributed by atoms with Crippen LogP contribution in [0.2, 0.25) is 0 Å². The highest BCUT2D eigenvalue weighted by Crippen LogP contribution is 2.21. The van der Waals surface area contributed by atoms with Gasteiger partial charge in [-0.1, -0.05) is 42.5 Å². The Kier molecular flexibility index (Phi) is 5.88. The fourth-order valence-corrected chi connectivity index (χ4v) is 2.13. The first-order chi connectivity index (χ1) is 11.1. The van der Waals surface area contributed by atoms with Gasteiger partial charge in [0.15, 0.2) is 5.11 Å². The van der Waals surface area contributed by atoms with Gasteiger partial charge in [-0.3, -0.25) is 5.43 Å². The molecule has 0 aliphatic rings. The zero-order valence-corrected chi connectivity index (χ0v) is 13.9. The van der Waals surface area contributed by atoms with Crippen molar-refractivity contribution in [3.63, 3.8) is 0 Å². The fraction of sp³-hybridized carbons (Fsp3) is 0.111. The lowest BCUT2D eigenvalue weighted by atomic mass is 9.99. The Morgan fingerprint density at radius 3 is 2.35 bits per heavy atom. The molecular formula is C18H19N3OS. The number of benzene rings is 2. The highest BCUT2D eigenvalue weighted by Gasteiger charge is 2.06. The van der Waals surface area contributed by atoms with Crippen molar-refractivity contribution in [1.82, 2.24) is 5.43 Å². The molecule has 2 rings (SSSR count). The van der Waals surface area contributed by atoms with E-state index in [0.717, 1.165) is 28.2 Å². The van der Waals surface area contributed by atoms with E-state index in [0.29, 0.717) is 0 Å². The molecule has 0 spiro atoms. The average Bonchev–Trinajstić information content (AvgIpc) is 2.59. The first-order valence-electron chi connectivity index (χ1n) is 7.11. The first-order valence-corrected chi connectivity index (χ1v) is 7.52. The lowest BCUT2D eigenvalue weighted by molar-refractivity contribution is 0.415. The molecule has 3 N–H and O–H groups in total. The van der Waals surface area contributed by atoms with Gasteiger partial charge in [-0.2, -0.15) is 5.10 Å². The number of nitrogens with two attached hydrogens (primary N) is 1. The Bertz CT molecular complexity index is 722. The van der Waals surface area contributed by atoms with Crippen LogP contribution in [0.3, 0.4) is 0 Å². The minimum absolute atomic E-state index is 0.140. The molecule has 2 aromatic rings. The number of hydrazone groups is 1. The second-order valence-electron chi connectivity index (χ2n) is 4.87. The van der Waals surface area contributed by atoms with Gasteiger partial charge in [-0.15, -0.1) is 0 Å². The second kappa shape index (κ2) is 8.10. The molecule has 4 nitrogen and oxygen atoms in total. The predicted octanol–water partition coefficient (Wildman–Crippen LogP) is 3.44. The number of hydrogen-bond donors (Lipinski definition) is 2. The highest BCUT2D eigenvalue weighted by molar-refractivity contribution is 7.80. The van der Waals surface area contributed by atoms with Crippen LogP contribution in [-0.2, 0) is 0 Å². The molecular weight excluding hydrogens is 306 g/mol. The Labute approximate surface area is 141 Å². The number of ether oxygens (including phenoxy) is 1. The van der Waals surface area contributed by atoms with E-state index in [2.05, 4.69) is 16.6 Å². The van der Waals surface area contributed by atoms with E-state index in [9.17, 15) is 0 Å². The normalized spacial score (nSPS) is 11.9. The standard InChI is InChI=1S/C18H19N3OS/c1-13(20-21-18(19)23)17(15-6-4-3-5-7-15)12-14-8-10-16(22-2)11-9-14/h3-12H,1-2H3,(H3,19,21,23). The van der Waals surface area contributed by atoms with Gasteiger partial charge in [-0.25, -0.2) is 0 Å². The van der Waals surface area contributed by atoms with Crippen molar-refractivity contribution in [2.75, 3.05) is 7.11 Å². The van der Waals surface area contributed by atoms with E-state index in [1.807, 2.05) is 61.5 Å². The van der Waals surface area contributed by atoms with Gasteiger partial charge in [0.1, 0.15) is 5.75 Å². The molecule has 0 bridgehead atoms. The summed E-state index contributed by atoms with van der Waals surface area (Å²) >= 11 is 4.80. The zero-order valence-electron chi connectivity index (χ0n) is 13.1. The number of methoxy groups -OCH3 is 1. The lowest BCUT2D eigenvalue weighted by Gasteiger charge is -2.09. The number of nitrogens with zero attached hydrogens (tertiary/aromatic N) is 1. The van der Waals surface area contributed by atoms with Gasteiger partial charge in [0.05, 0.1) is 12.8 Å². The molecule has 0 aliphatic carbocycles. The molecule has 118 valence electrons. The van der Waals surface area contributed by atoms with Crippen molar-refractivity contribution in [2.24, 2.45) is 10.8 Å². The van der Waals surface area contributed by atoms with E-state index in [-0.39, 0.29) is 5.11 Å². The van der Waals surface area contributed by atoms with Gasteiger partial charge < -0.3 is 10.5 Å². The molecule has 5 heteroatoms. The van der Waals surface area contributed by atoms with Gasteiger partial charge >= 0.3 is 0 Å². The minimum Gasteiger partial charge on any atom is -0.497 e. The van der Waals surface area contributed by atoms with Crippen LogP contribution >= 0.6 is 12.2 Å². The molecule has 2 aromatic carbocycles. The van der Waals surface area contributed by atoms with Crippen LogP contribution in [0, 0.1) is 0 Å². The van der Waals surface area contributed by atoms with E-state index in [4.69, 9.17) is 22.7 Å². The van der Waals surface area contributed by atoms with Crippen molar-refractivity contribution >= 4 is 34.7 Å². The zero-order chi connectivity index (χ0) is 16.7. The van der Waals surface area contributed by atoms with Crippen LogP contribution in [-0.4, -0.2) is 17.9 Å². The van der Waals surface area contributed by atoms with Gasteiger partial charge in [0.2, 0.25) is 0 Å². The first kappa shape index (κ1) is 16.7. The van der Waals surface area contributed by atoms with Crippen LogP contribution in [0.1, 0.15) is 18.1 Å². The number of allylic oxidation sites excluding steroid dienone is 1. The van der Waals surface area contributed by atoms with E-state index in [1.165, 1.54) is 0 Å². The SMILES string of the molecule is COc1ccc(C=C(C(C)=NNC(N)=S)c2ccccc2)cc1. The molecule has 0 radical (unpaired) electrons. The number of thiocarbonyl (C=S) groups is 1. The number of nitrogens with one attached hydrogen (secondary N) is 1. The monoisotopic (exact) mass is 325 g/mol. The summed E-state index contributed by atoms with van der Waals surface area (Å²) in [4.78, 5) is 0. The topological polar surface area (TPSA) is 59.6 Å². The maximum Gasteiger partial charge on any atom is 0.184 e. The summed E-state index contributed by atoms with van der Waals surface area (Å²) in [7, 11) is 1.65. The summed E-state index contributed by atoms with van der Waals surface area (Å²) in [6, 6.07) is 17.9. The van der Waals surface area contributed by atoms with Crippen LogP contribution < -0.4 is 15.9 Å². The average molecular weight is 325 g/mol. The second-order valence-corrected chi connectivity index (χ2v) is 5.31. The third-order valence-electron chi connectivity index (χ3n) is 3.24. The predicted molar refractivity (Wildman–Crippen MR) is 100 cm³/mol. The molecule has 0 unspecified atom stereocenters. The maximum atomic E-state index is 5.44. The minimum atomic E-state index is 0.140. The molecule has 0 amide bonds. The third kappa shape index (κ3) is 4.93. The Morgan fingerprint density at radius 2 is 1.78 bits per heavy atom. The van der Waals surface area contributed by atoms with Gasteiger partial charge in [0, 0.05) is 5.57 Å². The van der Waals surface area contributed by atoms with Crippen molar-refractivity contribution in [3.8, 4) is 5.75 Å². The van der Waals surface area contributed by atoms with Crippen molar-refractivity contribution in [3.05, 3.63) is 65.7 Å². The lowest BCUT2D eigenvalue weighted by Crippen LogP contribution is -2.25. The summed E-state index contributed by atoms with van der Waals surface area (Å²) in [5.41, 5.74) is 12.0. The van der Waals surface area contributed by atoms with E-state index >= 15 is 0 Å². The maximum absolute atomic E-state index is 5.44. The van der Waals surface area contributed by atoms with Crippen LogP contribution in [0.5, 0.6) is 5.75 Å². The molecule has 23 heavy (non-hydrogen) atoms. The summed E-state index contributed by atoms with van der Waals surface area (Å²) in [6.45, 7) is 1.91. The van der Waals surface area contributed by atoms with Crippen molar-refractivity contribution < 1.29 is 4.74 Å². The van der Waals surface area contributed by atoms with Crippen molar-refractivity contribution in [1.29, 1.82) is 0 Å². The van der Waals surface area contributed by atoms with Crippen molar-refractivity contribution in [2.45, 2.75) is 6.92 Å². The number of hydrogen-bond acceptors (Lipinski definition) is 3. The van der Waals surface area contributed by atoms with Gasteiger partial charge in [0.25, 0.3) is 0 Å². The third-order valence-corrected chi connectivity index (χ3v) is 3.33. The number of rotatable bonds is 5. The molecule has 0 heterocycles. The fourth-order valence-electron chi connectivity index (χ4n) is 2.08. The van der Waals surface area contributed by atoms with E-state index in [1.54, 1.807) is 7.11 Å².